The number of carbonyl (C=O) groups is 1. The maximum atomic E-state index is 11.4. The third-order valence-electron chi connectivity index (χ3n) is 4.19. The van der Waals surface area contributed by atoms with Crippen LogP contribution < -0.4 is 5.32 Å². The minimum absolute atomic E-state index is 0.667. The van der Waals surface area contributed by atoms with Crippen molar-refractivity contribution in [2.75, 3.05) is 19.6 Å². The zero-order valence-corrected chi connectivity index (χ0v) is 12.0. The van der Waals surface area contributed by atoms with Crippen molar-refractivity contribution in [3.05, 3.63) is 0 Å². The maximum absolute atomic E-state index is 11.4. The highest BCUT2D eigenvalue weighted by molar-refractivity contribution is 5.78. The van der Waals surface area contributed by atoms with E-state index in [0.29, 0.717) is 19.0 Å². The second-order valence-corrected chi connectivity index (χ2v) is 5.48. The summed E-state index contributed by atoms with van der Waals surface area (Å²) in [6, 6.07) is 0.676. The van der Waals surface area contributed by atoms with E-state index >= 15 is 0 Å². The third kappa shape index (κ3) is 3.95. The lowest BCUT2D eigenvalue weighted by Crippen LogP contribution is -2.51. The Kier molecular flexibility index (Phi) is 6.09. The fraction of sp³-hybridized carbons (Fsp3) is 0.929. The molecule has 4 heteroatoms. The lowest BCUT2D eigenvalue weighted by atomic mass is 9.97. The van der Waals surface area contributed by atoms with Crippen molar-refractivity contribution < 1.29 is 9.90 Å². The average Bonchev–Trinajstić information content (AvgIpc) is 2.84. The van der Waals surface area contributed by atoms with Crippen LogP contribution in [0.4, 0.5) is 0 Å². The molecule has 2 N–H and O–H groups in total. The molecule has 0 aromatic heterocycles. The number of likely N-dealkylation sites (N-methyl/N-ethyl adjacent to an activating group) is 1. The van der Waals surface area contributed by atoms with Gasteiger partial charge in [0.1, 0.15) is 5.54 Å². The molecule has 0 saturated heterocycles. The number of carboxylic acid groups (broad SMARTS) is 1. The molecule has 106 valence electrons. The molecule has 0 amide bonds. The van der Waals surface area contributed by atoms with Crippen molar-refractivity contribution in [1.29, 1.82) is 0 Å². The van der Waals surface area contributed by atoms with Gasteiger partial charge in [0.2, 0.25) is 0 Å². The molecule has 1 fully saturated rings. The molecular weight excluding hydrogens is 228 g/mol. The predicted molar refractivity (Wildman–Crippen MR) is 73.8 cm³/mol. The summed E-state index contributed by atoms with van der Waals surface area (Å²) in [5, 5.41) is 12.4. The maximum Gasteiger partial charge on any atom is 0.323 e. The fourth-order valence-corrected chi connectivity index (χ4v) is 2.90. The highest BCUT2D eigenvalue weighted by atomic mass is 16.4. The molecule has 0 aromatic carbocycles. The molecule has 1 aliphatic rings. The Balaban J connectivity index is 2.51. The molecule has 0 radical (unpaired) electrons. The highest BCUT2D eigenvalue weighted by Crippen LogP contribution is 2.24. The predicted octanol–water partition coefficient (Wildman–Crippen LogP) is 2.09. The summed E-state index contributed by atoms with van der Waals surface area (Å²) >= 11 is 0. The lowest BCUT2D eigenvalue weighted by Gasteiger charge is -2.32. The van der Waals surface area contributed by atoms with Crippen molar-refractivity contribution in [2.45, 2.75) is 64.5 Å². The SMILES string of the molecule is CCNC(C)(CCN(CC)C1CCCC1)C(=O)O. The molecule has 0 aromatic rings. The van der Waals surface area contributed by atoms with Gasteiger partial charge in [0, 0.05) is 12.6 Å². The topological polar surface area (TPSA) is 52.6 Å². The van der Waals surface area contributed by atoms with Crippen LogP contribution in [0.2, 0.25) is 0 Å². The Morgan fingerprint density at radius 1 is 1.39 bits per heavy atom. The van der Waals surface area contributed by atoms with Gasteiger partial charge >= 0.3 is 5.97 Å². The number of nitrogens with one attached hydrogen (secondary N) is 1. The summed E-state index contributed by atoms with van der Waals surface area (Å²) < 4.78 is 0. The molecule has 1 atom stereocenters. The molecule has 0 spiro atoms. The number of rotatable bonds is 8. The van der Waals surface area contributed by atoms with Crippen LogP contribution in [0.3, 0.4) is 0 Å². The monoisotopic (exact) mass is 256 g/mol. The molecule has 0 aliphatic heterocycles. The van der Waals surface area contributed by atoms with Gasteiger partial charge in [0.05, 0.1) is 0 Å². The van der Waals surface area contributed by atoms with Gasteiger partial charge in [-0.2, -0.15) is 0 Å². The fourth-order valence-electron chi connectivity index (χ4n) is 2.90. The van der Waals surface area contributed by atoms with E-state index in [1.807, 2.05) is 6.92 Å². The number of aliphatic carboxylic acids is 1. The first-order chi connectivity index (χ1) is 8.53. The van der Waals surface area contributed by atoms with E-state index in [1.54, 1.807) is 6.92 Å². The normalized spacial score (nSPS) is 20.2. The van der Waals surface area contributed by atoms with Gasteiger partial charge in [-0.15, -0.1) is 0 Å². The molecular formula is C14H28N2O2. The molecule has 1 saturated carbocycles. The van der Waals surface area contributed by atoms with Gasteiger partial charge in [-0.05, 0) is 39.3 Å². The quantitative estimate of drug-likeness (QED) is 0.698. The van der Waals surface area contributed by atoms with Crippen molar-refractivity contribution in [2.24, 2.45) is 0 Å². The molecule has 18 heavy (non-hydrogen) atoms. The van der Waals surface area contributed by atoms with E-state index in [2.05, 4.69) is 17.1 Å². The summed E-state index contributed by atoms with van der Waals surface area (Å²) in [5.41, 5.74) is -0.791. The average molecular weight is 256 g/mol. The van der Waals surface area contributed by atoms with Gasteiger partial charge < -0.3 is 15.3 Å². The van der Waals surface area contributed by atoms with Crippen LogP contribution in [0.25, 0.3) is 0 Å². The van der Waals surface area contributed by atoms with Gasteiger partial charge in [-0.3, -0.25) is 4.79 Å². The third-order valence-corrected chi connectivity index (χ3v) is 4.19. The van der Waals surface area contributed by atoms with E-state index in [9.17, 15) is 9.90 Å². The standard InChI is InChI=1S/C14H28N2O2/c1-4-15-14(3,13(17)18)10-11-16(5-2)12-8-6-7-9-12/h12,15H,4-11H2,1-3H3,(H,17,18). The number of carboxylic acids is 1. The van der Waals surface area contributed by atoms with Gasteiger partial charge in [0.25, 0.3) is 0 Å². The molecule has 0 bridgehead atoms. The Labute approximate surface area is 111 Å². The Bertz CT molecular complexity index is 265. The zero-order valence-electron chi connectivity index (χ0n) is 12.0. The van der Waals surface area contributed by atoms with E-state index in [0.717, 1.165) is 13.1 Å². The minimum atomic E-state index is -0.791. The number of hydrogen-bond acceptors (Lipinski definition) is 3. The number of hydrogen-bond donors (Lipinski definition) is 2. The van der Waals surface area contributed by atoms with Crippen molar-refractivity contribution in [3.63, 3.8) is 0 Å². The van der Waals surface area contributed by atoms with Crippen LogP contribution in [0.15, 0.2) is 0 Å². The Morgan fingerprint density at radius 3 is 2.44 bits per heavy atom. The van der Waals surface area contributed by atoms with Crippen LogP contribution in [-0.4, -0.2) is 47.2 Å². The van der Waals surface area contributed by atoms with Gasteiger partial charge in [0.15, 0.2) is 0 Å². The summed E-state index contributed by atoms with van der Waals surface area (Å²) in [6.45, 7) is 8.50. The van der Waals surface area contributed by atoms with Crippen LogP contribution in [0.1, 0.15) is 52.9 Å². The zero-order chi connectivity index (χ0) is 13.6. The Hall–Kier alpha value is -0.610. The van der Waals surface area contributed by atoms with Crippen molar-refractivity contribution in [1.82, 2.24) is 10.2 Å². The Morgan fingerprint density at radius 2 is 2.00 bits per heavy atom. The molecule has 4 nitrogen and oxygen atoms in total. The first-order valence-electron chi connectivity index (χ1n) is 7.26. The lowest BCUT2D eigenvalue weighted by molar-refractivity contribution is -0.144. The van der Waals surface area contributed by atoms with E-state index in [4.69, 9.17) is 0 Å². The number of nitrogens with zero attached hydrogens (tertiary/aromatic N) is 1. The van der Waals surface area contributed by atoms with E-state index in [1.165, 1.54) is 25.7 Å². The molecule has 1 unspecified atom stereocenters. The molecule has 1 rings (SSSR count). The van der Waals surface area contributed by atoms with E-state index < -0.39 is 11.5 Å². The summed E-state index contributed by atoms with van der Waals surface area (Å²) in [7, 11) is 0. The van der Waals surface area contributed by atoms with Crippen LogP contribution in [0.5, 0.6) is 0 Å². The first kappa shape index (κ1) is 15.4. The van der Waals surface area contributed by atoms with E-state index in [-0.39, 0.29) is 0 Å². The smallest absolute Gasteiger partial charge is 0.323 e. The van der Waals surface area contributed by atoms with Crippen molar-refractivity contribution >= 4 is 5.97 Å². The van der Waals surface area contributed by atoms with Crippen LogP contribution in [-0.2, 0) is 4.79 Å². The second-order valence-electron chi connectivity index (χ2n) is 5.48. The first-order valence-corrected chi connectivity index (χ1v) is 7.26. The summed E-state index contributed by atoms with van der Waals surface area (Å²) in [4.78, 5) is 13.8. The largest absolute Gasteiger partial charge is 0.480 e. The van der Waals surface area contributed by atoms with Crippen molar-refractivity contribution in [3.8, 4) is 0 Å². The second kappa shape index (κ2) is 7.10. The minimum Gasteiger partial charge on any atom is -0.480 e. The summed E-state index contributed by atoms with van der Waals surface area (Å²) in [5.74, 6) is -0.744. The van der Waals surface area contributed by atoms with Gasteiger partial charge in [-0.25, -0.2) is 0 Å². The molecule has 0 heterocycles. The van der Waals surface area contributed by atoms with Crippen LogP contribution in [0, 0.1) is 0 Å². The van der Waals surface area contributed by atoms with Gasteiger partial charge in [-0.1, -0.05) is 26.7 Å². The summed E-state index contributed by atoms with van der Waals surface area (Å²) in [6.07, 6.45) is 5.87. The highest BCUT2D eigenvalue weighted by Gasteiger charge is 2.33. The molecule has 1 aliphatic carbocycles. The van der Waals surface area contributed by atoms with Crippen LogP contribution >= 0.6 is 0 Å².